The maximum Gasteiger partial charge on any atom is 0.460 e. The van der Waals surface area contributed by atoms with Gasteiger partial charge in [0.25, 0.3) is 0 Å². The molecular formula is C9F18. The fourth-order valence-corrected chi connectivity index (χ4v) is 1.10. The first-order valence-electron chi connectivity index (χ1n) is 5.40. The van der Waals surface area contributed by atoms with Crippen molar-refractivity contribution in [2.24, 2.45) is 0 Å². The van der Waals surface area contributed by atoms with E-state index in [2.05, 4.69) is 0 Å². The van der Waals surface area contributed by atoms with Crippen LogP contribution >= 0.6 is 0 Å². The molecule has 0 heterocycles. The van der Waals surface area contributed by atoms with Gasteiger partial charge in [0.15, 0.2) is 0 Å². The van der Waals surface area contributed by atoms with Crippen molar-refractivity contribution in [3.05, 3.63) is 11.7 Å². The van der Waals surface area contributed by atoms with E-state index in [9.17, 15) is 79.0 Å². The number of hydrogen-bond donors (Lipinski definition) is 0. The average Bonchev–Trinajstić information content (AvgIpc) is 2.42. The van der Waals surface area contributed by atoms with E-state index in [0.29, 0.717) is 0 Å². The summed E-state index contributed by atoms with van der Waals surface area (Å²) in [6.07, 6.45) is -15.1. The molecule has 0 radical (unpaired) electrons. The molecule has 0 fully saturated rings. The Morgan fingerprint density at radius 1 is 0.333 bits per heavy atom. The van der Waals surface area contributed by atoms with E-state index in [4.69, 9.17) is 0 Å². The molecule has 0 N–H and O–H groups in total. The van der Waals surface area contributed by atoms with E-state index in [1.165, 1.54) is 0 Å². The van der Waals surface area contributed by atoms with Gasteiger partial charge in [-0.05, 0) is 0 Å². The third-order valence-corrected chi connectivity index (χ3v) is 2.64. The second-order valence-corrected chi connectivity index (χ2v) is 4.50. The zero-order chi connectivity index (χ0) is 22.7. The minimum atomic E-state index is -8.12. The Kier molecular flexibility index (Phi) is 5.90. The van der Waals surface area contributed by atoms with Gasteiger partial charge in [-0.15, -0.1) is 0 Å². The lowest BCUT2D eigenvalue weighted by Crippen LogP contribution is -2.61. The Morgan fingerprint density at radius 2 is 0.556 bits per heavy atom. The van der Waals surface area contributed by atoms with Gasteiger partial charge in [-0.25, -0.2) is 8.78 Å². The topological polar surface area (TPSA) is 0 Å². The zero-order valence-corrected chi connectivity index (χ0v) is 11.3. The third kappa shape index (κ3) is 3.50. The van der Waals surface area contributed by atoms with Crippen LogP contribution in [0.1, 0.15) is 0 Å². The lowest BCUT2D eigenvalue weighted by molar-refractivity contribution is -0.392. The Hall–Kier alpha value is -1.52. The molecule has 0 spiro atoms. The van der Waals surface area contributed by atoms with Crippen LogP contribution in [0.25, 0.3) is 0 Å². The average molecular weight is 450 g/mol. The summed E-state index contributed by atoms with van der Waals surface area (Å²) in [6.45, 7) is 0. The second-order valence-electron chi connectivity index (χ2n) is 4.50. The van der Waals surface area contributed by atoms with Gasteiger partial charge in [0.2, 0.25) is 11.7 Å². The molecular weight excluding hydrogens is 450 g/mol. The van der Waals surface area contributed by atoms with Crippen LogP contribution < -0.4 is 0 Å². The van der Waals surface area contributed by atoms with Crippen molar-refractivity contribution in [3.63, 3.8) is 0 Å². The predicted molar refractivity (Wildman–Crippen MR) is 46.1 cm³/mol. The highest BCUT2D eigenvalue weighted by Crippen LogP contribution is 2.58. The van der Waals surface area contributed by atoms with Crippen molar-refractivity contribution in [1.82, 2.24) is 0 Å². The quantitative estimate of drug-likeness (QED) is 0.424. The largest absolute Gasteiger partial charge is 0.460 e. The fraction of sp³-hybridized carbons (Fsp3) is 0.778. The van der Waals surface area contributed by atoms with E-state index in [-0.39, 0.29) is 0 Å². The van der Waals surface area contributed by atoms with Crippen LogP contribution in [0.3, 0.4) is 0 Å². The standard InChI is InChI=1S/C9F18/c10-1(2(11)4(14,15)6(18,19)8(22,23)24)3(12,13)5(16,17)7(20,21)9(25,26)27/b2-1+. The number of halogens is 18. The Bertz CT molecular complexity index is 585. The van der Waals surface area contributed by atoms with Crippen molar-refractivity contribution >= 4 is 0 Å². The van der Waals surface area contributed by atoms with Crippen LogP contribution in [0, 0.1) is 0 Å². The highest BCUT2D eigenvalue weighted by molar-refractivity contribution is 5.24. The molecule has 162 valence electrons. The van der Waals surface area contributed by atoms with Gasteiger partial charge in [-0.2, -0.15) is 70.2 Å². The van der Waals surface area contributed by atoms with Crippen molar-refractivity contribution in [3.8, 4) is 0 Å². The van der Waals surface area contributed by atoms with Crippen LogP contribution in [0.5, 0.6) is 0 Å². The molecule has 0 aromatic rings. The summed E-state index contributed by atoms with van der Waals surface area (Å²) in [4.78, 5) is 0. The van der Waals surface area contributed by atoms with Gasteiger partial charge < -0.3 is 0 Å². The molecule has 0 saturated heterocycles. The number of allylic oxidation sites excluding steroid dienone is 2. The molecule has 0 unspecified atom stereocenters. The summed E-state index contributed by atoms with van der Waals surface area (Å²) in [5.74, 6) is -50.2. The summed E-state index contributed by atoms with van der Waals surface area (Å²) >= 11 is 0. The van der Waals surface area contributed by atoms with E-state index < -0.39 is 53.6 Å². The fourth-order valence-electron chi connectivity index (χ4n) is 1.10. The first-order chi connectivity index (χ1) is 11.3. The highest BCUT2D eigenvalue weighted by Gasteiger charge is 2.84. The van der Waals surface area contributed by atoms with Gasteiger partial charge in [0.05, 0.1) is 0 Å². The Balaban J connectivity index is 6.61. The molecule has 0 bridgehead atoms. The first-order valence-corrected chi connectivity index (χ1v) is 5.40. The van der Waals surface area contributed by atoms with Crippen LogP contribution in [0.4, 0.5) is 79.0 Å². The molecule has 0 aliphatic carbocycles. The van der Waals surface area contributed by atoms with Crippen molar-refractivity contribution in [2.75, 3.05) is 0 Å². The van der Waals surface area contributed by atoms with Gasteiger partial charge in [0, 0.05) is 0 Å². The Morgan fingerprint density at radius 3 is 0.778 bits per heavy atom. The van der Waals surface area contributed by atoms with E-state index in [1.54, 1.807) is 0 Å². The zero-order valence-electron chi connectivity index (χ0n) is 11.3. The predicted octanol–water partition coefficient (Wildman–Crippen LogP) is 6.44. The van der Waals surface area contributed by atoms with Crippen molar-refractivity contribution < 1.29 is 79.0 Å². The lowest BCUT2D eigenvalue weighted by Gasteiger charge is -2.33. The molecule has 0 aromatic carbocycles. The molecule has 0 aliphatic heterocycles. The van der Waals surface area contributed by atoms with Crippen molar-refractivity contribution in [1.29, 1.82) is 0 Å². The van der Waals surface area contributed by atoms with E-state index >= 15 is 0 Å². The van der Waals surface area contributed by atoms with Gasteiger partial charge >= 0.3 is 42.0 Å². The summed E-state index contributed by atoms with van der Waals surface area (Å²) in [6, 6.07) is 0. The molecule has 0 atom stereocenters. The molecule has 0 aromatic heterocycles. The van der Waals surface area contributed by atoms with Crippen LogP contribution in [0.15, 0.2) is 11.7 Å². The molecule has 0 rings (SSSR count). The Labute approximate surface area is 134 Å². The maximum atomic E-state index is 12.8. The monoisotopic (exact) mass is 450 g/mol. The molecule has 0 amide bonds. The van der Waals surface area contributed by atoms with Crippen molar-refractivity contribution in [2.45, 2.75) is 42.0 Å². The smallest absolute Gasteiger partial charge is 0.202 e. The number of hydrogen-bond acceptors (Lipinski definition) is 0. The summed E-state index contributed by atoms with van der Waals surface area (Å²) < 4.78 is 221. The molecule has 27 heavy (non-hydrogen) atoms. The van der Waals surface area contributed by atoms with E-state index in [0.717, 1.165) is 0 Å². The lowest BCUT2D eigenvalue weighted by atomic mass is 10.00. The molecule has 0 nitrogen and oxygen atoms in total. The summed E-state index contributed by atoms with van der Waals surface area (Å²) in [7, 11) is 0. The summed E-state index contributed by atoms with van der Waals surface area (Å²) in [5.41, 5.74) is 0. The molecule has 0 aliphatic rings. The minimum Gasteiger partial charge on any atom is -0.202 e. The van der Waals surface area contributed by atoms with E-state index in [1.807, 2.05) is 0 Å². The van der Waals surface area contributed by atoms with Crippen LogP contribution in [-0.4, -0.2) is 42.0 Å². The molecule has 18 heteroatoms. The SMILES string of the molecule is F/C(=C(/F)C(F)(F)C(F)(F)C(F)(F)C(F)(F)F)C(F)(F)C(F)(F)C(F)(F)F. The normalized spacial score (nSPS) is 17.1. The first kappa shape index (κ1) is 25.5. The van der Waals surface area contributed by atoms with Gasteiger partial charge in [-0.3, -0.25) is 0 Å². The minimum absolute atomic E-state index is 5.34. The van der Waals surface area contributed by atoms with Gasteiger partial charge in [-0.1, -0.05) is 0 Å². The summed E-state index contributed by atoms with van der Waals surface area (Å²) in [5, 5.41) is 0. The van der Waals surface area contributed by atoms with Crippen LogP contribution in [0.2, 0.25) is 0 Å². The second kappa shape index (κ2) is 6.25. The number of rotatable bonds is 5. The molecule has 0 saturated carbocycles. The number of alkyl halides is 16. The maximum absolute atomic E-state index is 12.8. The van der Waals surface area contributed by atoms with Gasteiger partial charge in [0.1, 0.15) is 0 Å². The van der Waals surface area contributed by atoms with Crippen LogP contribution in [-0.2, 0) is 0 Å². The highest BCUT2D eigenvalue weighted by atomic mass is 19.4. The third-order valence-electron chi connectivity index (χ3n) is 2.64.